The van der Waals surface area contributed by atoms with Crippen LogP contribution < -0.4 is 5.14 Å². The van der Waals surface area contributed by atoms with E-state index in [1.165, 1.54) is 6.92 Å². The average Bonchev–Trinajstić information content (AvgIpc) is 2.06. The Morgan fingerprint density at radius 3 is 2.47 bits per heavy atom. The molecule has 4 nitrogen and oxygen atoms in total. The lowest BCUT2D eigenvalue weighted by Gasteiger charge is -2.08. The highest BCUT2D eigenvalue weighted by molar-refractivity contribution is 14.1. The van der Waals surface area contributed by atoms with Crippen molar-refractivity contribution in [2.24, 2.45) is 5.14 Å². The lowest BCUT2D eigenvalue weighted by molar-refractivity contribution is 0.147. The van der Waals surface area contributed by atoms with E-state index in [-0.39, 0.29) is 0 Å². The molecule has 0 spiro atoms. The Kier molecular flexibility index (Phi) is 3.61. The monoisotopic (exact) mass is 348 g/mol. The van der Waals surface area contributed by atoms with Gasteiger partial charge in [0.2, 0.25) is 0 Å². The molecule has 1 heterocycles. The Hall–Kier alpha value is -0.350. The fraction of sp³-hybridized carbons (Fsp3) is 0.286. The number of alkyl halides is 2. The molecule has 0 aliphatic carbocycles. The second kappa shape index (κ2) is 4.26. The van der Waals surface area contributed by atoms with Gasteiger partial charge in [-0.25, -0.2) is 27.3 Å². The summed E-state index contributed by atoms with van der Waals surface area (Å²) in [7, 11) is -4.21. The summed E-state index contributed by atoms with van der Waals surface area (Å²) < 4.78 is 47.5. The third-order valence-corrected chi connectivity index (χ3v) is 3.61. The highest BCUT2D eigenvalue weighted by Crippen LogP contribution is 2.27. The van der Waals surface area contributed by atoms with Crippen molar-refractivity contribution in [2.45, 2.75) is 18.4 Å². The highest BCUT2D eigenvalue weighted by Gasteiger charge is 2.23. The average molecular weight is 348 g/mol. The molecule has 0 fully saturated rings. The quantitative estimate of drug-likeness (QED) is 0.825. The predicted octanol–water partition coefficient (Wildman–Crippen LogP) is 1.58. The van der Waals surface area contributed by atoms with E-state index in [0.717, 1.165) is 6.07 Å². The first-order chi connectivity index (χ1) is 6.73. The van der Waals surface area contributed by atoms with Gasteiger partial charge in [-0.15, -0.1) is 0 Å². The van der Waals surface area contributed by atoms with Gasteiger partial charge in [0.1, 0.15) is 0 Å². The standard InChI is InChI=1S/C7H7F2IN2O2S/c1-3-5(10)2-4(6(8)9)7(12-3)15(11,13)14/h2,6H,1H3,(H2,11,13,14). The van der Waals surface area contributed by atoms with Crippen LogP contribution in [0.25, 0.3) is 0 Å². The van der Waals surface area contributed by atoms with Gasteiger partial charge >= 0.3 is 0 Å². The van der Waals surface area contributed by atoms with Crippen LogP contribution in [0.15, 0.2) is 11.1 Å². The fourth-order valence-electron chi connectivity index (χ4n) is 0.957. The molecule has 0 aliphatic rings. The van der Waals surface area contributed by atoms with Gasteiger partial charge in [-0.3, -0.25) is 0 Å². The zero-order valence-corrected chi connectivity index (χ0v) is 10.5. The maximum absolute atomic E-state index is 12.5. The van der Waals surface area contributed by atoms with Crippen LogP contribution in [0.1, 0.15) is 17.7 Å². The number of nitrogens with zero attached hydrogens (tertiary/aromatic N) is 1. The summed E-state index contributed by atoms with van der Waals surface area (Å²) in [5, 5.41) is 4.03. The van der Waals surface area contributed by atoms with Gasteiger partial charge in [0.05, 0.1) is 11.3 Å². The van der Waals surface area contributed by atoms with Crippen molar-refractivity contribution in [1.29, 1.82) is 0 Å². The molecule has 0 radical (unpaired) electrons. The molecule has 0 amide bonds. The van der Waals surface area contributed by atoms with Crippen molar-refractivity contribution in [3.8, 4) is 0 Å². The number of primary sulfonamides is 1. The van der Waals surface area contributed by atoms with E-state index in [9.17, 15) is 17.2 Å². The molecule has 84 valence electrons. The number of aromatic nitrogens is 1. The summed E-state index contributed by atoms with van der Waals surface area (Å²) in [4.78, 5) is 3.56. The van der Waals surface area contributed by atoms with E-state index in [1.807, 2.05) is 0 Å². The second-order valence-corrected chi connectivity index (χ2v) is 5.43. The summed E-state index contributed by atoms with van der Waals surface area (Å²) in [6.45, 7) is 1.52. The first kappa shape index (κ1) is 12.7. The minimum absolute atomic E-state index is 0.351. The molecule has 1 aromatic heterocycles. The molecular weight excluding hydrogens is 341 g/mol. The Labute approximate surface area is 99.1 Å². The van der Waals surface area contributed by atoms with Crippen molar-refractivity contribution < 1.29 is 17.2 Å². The summed E-state index contributed by atoms with van der Waals surface area (Å²) in [5.74, 6) is 0. The molecule has 0 saturated carbocycles. The Balaban J connectivity index is 3.56. The maximum Gasteiger partial charge on any atom is 0.266 e. The number of nitrogens with two attached hydrogens (primary N) is 1. The van der Waals surface area contributed by atoms with Gasteiger partial charge in [-0.1, -0.05) is 0 Å². The zero-order chi connectivity index (χ0) is 11.8. The first-order valence-electron chi connectivity index (χ1n) is 3.71. The minimum Gasteiger partial charge on any atom is -0.239 e. The number of rotatable bonds is 2. The van der Waals surface area contributed by atoms with Gasteiger partial charge in [0, 0.05) is 3.57 Å². The molecular formula is C7H7F2IN2O2S. The predicted molar refractivity (Wildman–Crippen MR) is 58.0 cm³/mol. The van der Waals surface area contributed by atoms with Crippen LogP contribution in [-0.4, -0.2) is 13.4 Å². The molecule has 8 heteroatoms. The van der Waals surface area contributed by atoms with E-state index < -0.39 is 27.0 Å². The van der Waals surface area contributed by atoms with Gasteiger partial charge in [0.15, 0.2) is 5.03 Å². The molecule has 0 aliphatic heterocycles. The summed E-state index contributed by atoms with van der Waals surface area (Å²) >= 11 is 1.80. The minimum atomic E-state index is -4.21. The van der Waals surface area contributed by atoms with Crippen LogP contribution >= 0.6 is 22.6 Å². The SMILES string of the molecule is Cc1nc(S(N)(=O)=O)c(C(F)F)cc1I. The highest BCUT2D eigenvalue weighted by atomic mass is 127. The van der Waals surface area contributed by atoms with Crippen LogP contribution in [0.3, 0.4) is 0 Å². The molecule has 0 unspecified atom stereocenters. The Bertz CT molecular complexity index is 490. The third kappa shape index (κ3) is 2.82. The van der Waals surface area contributed by atoms with Crippen molar-refractivity contribution in [3.05, 3.63) is 20.9 Å². The lowest BCUT2D eigenvalue weighted by Crippen LogP contribution is -2.17. The van der Waals surface area contributed by atoms with Crippen molar-refractivity contribution in [3.63, 3.8) is 0 Å². The zero-order valence-electron chi connectivity index (χ0n) is 7.54. The van der Waals surface area contributed by atoms with Crippen LogP contribution in [-0.2, 0) is 10.0 Å². The van der Waals surface area contributed by atoms with Crippen LogP contribution in [0.4, 0.5) is 8.78 Å². The first-order valence-corrected chi connectivity index (χ1v) is 6.34. The van der Waals surface area contributed by atoms with Gasteiger partial charge in [0.25, 0.3) is 16.4 Å². The van der Waals surface area contributed by atoms with Crippen molar-refractivity contribution >= 4 is 32.6 Å². The van der Waals surface area contributed by atoms with Gasteiger partial charge < -0.3 is 0 Å². The number of hydrogen-bond acceptors (Lipinski definition) is 3. The number of sulfonamides is 1. The molecule has 0 saturated heterocycles. The number of halogens is 3. The van der Waals surface area contributed by atoms with E-state index in [0.29, 0.717) is 9.26 Å². The van der Waals surface area contributed by atoms with Gasteiger partial charge in [-0.05, 0) is 35.6 Å². The molecule has 1 aromatic rings. The van der Waals surface area contributed by atoms with Crippen LogP contribution in [0.5, 0.6) is 0 Å². The number of pyridine rings is 1. The fourth-order valence-corrected chi connectivity index (χ4v) is 2.15. The van der Waals surface area contributed by atoms with Crippen LogP contribution in [0.2, 0.25) is 0 Å². The topological polar surface area (TPSA) is 73.0 Å². The number of aryl methyl sites for hydroxylation is 1. The molecule has 1 rings (SSSR count). The molecule has 2 N–H and O–H groups in total. The normalized spacial score (nSPS) is 12.1. The molecule has 0 atom stereocenters. The smallest absolute Gasteiger partial charge is 0.239 e. The summed E-state index contributed by atoms with van der Waals surface area (Å²) in [6.07, 6.45) is -2.92. The van der Waals surface area contributed by atoms with Crippen molar-refractivity contribution in [1.82, 2.24) is 4.98 Å². The molecule has 15 heavy (non-hydrogen) atoms. The molecule has 0 aromatic carbocycles. The van der Waals surface area contributed by atoms with Crippen LogP contribution in [0, 0.1) is 10.5 Å². The Morgan fingerprint density at radius 1 is 1.53 bits per heavy atom. The number of hydrogen-bond donors (Lipinski definition) is 1. The van der Waals surface area contributed by atoms with E-state index in [2.05, 4.69) is 4.98 Å². The van der Waals surface area contributed by atoms with E-state index in [1.54, 1.807) is 22.6 Å². The van der Waals surface area contributed by atoms with E-state index in [4.69, 9.17) is 5.14 Å². The lowest BCUT2D eigenvalue weighted by atomic mass is 10.2. The maximum atomic E-state index is 12.5. The summed E-state index contributed by atoms with van der Waals surface area (Å²) in [5.41, 5.74) is -0.309. The Morgan fingerprint density at radius 2 is 2.07 bits per heavy atom. The van der Waals surface area contributed by atoms with Crippen molar-refractivity contribution in [2.75, 3.05) is 0 Å². The largest absolute Gasteiger partial charge is 0.266 e. The third-order valence-electron chi connectivity index (χ3n) is 1.65. The van der Waals surface area contributed by atoms with E-state index >= 15 is 0 Å². The molecule has 0 bridgehead atoms. The summed E-state index contributed by atoms with van der Waals surface area (Å²) in [6, 6.07) is 1.08. The van der Waals surface area contributed by atoms with Gasteiger partial charge in [-0.2, -0.15) is 0 Å². The second-order valence-electron chi connectivity index (χ2n) is 2.80.